The van der Waals surface area contributed by atoms with Gasteiger partial charge in [-0.3, -0.25) is 0 Å². The van der Waals surface area contributed by atoms with Crippen LogP contribution in [0.25, 0.3) is 0 Å². The van der Waals surface area contributed by atoms with Crippen molar-refractivity contribution in [1.29, 1.82) is 0 Å². The van der Waals surface area contributed by atoms with Crippen molar-refractivity contribution in [3.8, 4) is 0 Å². The van der Waals surface area contributed by atoms with Crippen molar-refractivity contribution in [3.63, 3.8) is 0 Å². The maximum absolute atomic E-state index is 5.04. The van der Waals surface area contributed by atoms with Gasteiger partial charge < -0.3 is 0 Å². The molecule has 40 valence electrons. The van der Waals surface area contributed by atoms with Gasteiger partial charge in [0.25, 0.3) is 0 Å². The number of rotatable bonds is 0. The van der Waals surface area contributed by atoms with Gasteiger partial charge in [-0.25, -0.2) is 0 Å². The second-order valence-electron chi connectivity index (χ2n) is 0.429. The molecule has 0 aliphatic carbocycles. The molecule has 0 rings (SSSR count). The molecular weight excluding hydrogens is 289 g/mol. The molecule has 0 aromatic heterocycles. The summed E-state index contributed by atoms with van der Waals surface area (Å²) in [5.74, 6) is 0. The maximum atomic E-state index is 5.04. The summed E-state index contributed by atoms with van der Waals surface area (Å²) in [7, 11) is 20.1. The third kappa shape index (κ3) is 30.9. The van der Waals surface area contributed by atoms with E-state index < -0.39 is 15.5 Å². The largest absolute Gasteiger partial charge is 0 e. The van der Waals surface area contributed by atoms with E-state index in [1.165, 1.54) is 0 Å². The van der Waals surface area contributed by atoms with Gasteiger partial charge in [0.15, 0.2) is 0 Å². The zero-order chi connectivity index (χ0) is 4.50. The first-order valence-electron chi connectivity index (χ1n) is 0.756. The monoisotopic (exact) mass is 286 g/mol. The molecule has 6 heavy (non-hydrogen) atoms. The number of hydrogen-bond donors (Lipinski definition) is 0. The van der Waals surface area contributed by atoms with E-state index in [-0.39, 0.29) is 17.1 Å². The molecule has 0 radical (unpaired) electrons. The van der Waals surface area contributed by atoms with E-state index in [0.29, 0.717) is 0 Å². The van der Waals surface area contributed by atoms with Crippen molar-refractivity contribution in [2.45, 2.75) is 0 Å². The first-order chi connectivity index (χ1) is 2.00. The van der Waals surface area contributed by atoms with Gasteiger partial charge in [-0.1, -0.05) is 0 Å². The van der Waals surface area contributed by atoms with E-state index in [1.54, 1.807) is 0 Å². The van der Waals surface area contributed by atoms with Gasteiger partial charge in [0.05, 0.1) is 0 Å². The summed E-state index contributed by atoms with van der Waals surface area (Å²) in [6.07, 6.45) is 0. The van der Waals surface area contributed by atoms with Crippen molar-refractivity contribution in [2.75, 3.05) is 0 Å². The molecule has 0 atom stereocenters. The summed E-state index contributed by atoms with van der Waals surface area (Å²) < 4.78 is 0. The fraction of sp³-hybridized carbons (Fsp3) is 0. The Morgan fingerprint density at radius 2 is 0.833 bits per heavy atom. The topological polar surface area (TPSA) is 0 Å². The fourth-order valence-corrected chi connectivity index (χ4v) is 0. The molecule has 0 bridgehead atoms. The van der Waals surface area contributed by atoms with Gasteiger partial charge in [0, 0.05) is 17.1 Å². The summed E-state index contributed by atoms with van der Waals surface area (Å²) in [5, 5.41) is 0. The minimum Gasteiger partial charge on any atom is 0 e. The van der Waals surface area contributed by atoms with Crippen molar-refractivity contribution in [3.05, 3.63) is 0 Å². The average Bonchev–Trinajstić information content (AvgIpc) is 0.722. The molecule has 0 aromatic rings. The molecule has 0 spiro atoms. The molecule has 0 aromatic carbocycles. The number of halogens is 4. The molecule has 0 saturated carbocycles. The van der Waals surface area contributed by atoms with Crippen LogP contribution in [-0.2, 0) is 32.6 Å². The summed E-state index contributed by atoms with van der Waals surface area (Å²) in [4.78, 5) is 0. The minimum absolute atomic E-state index is 0. The third-order valence-electron chi connectivity index (χ3n) is 0. The van der Waals surface area contributed by atoms with Crippen LogP contribution in [0.4, 0.5) is 0 Å². The van der Waals surface area contributed by atoms with Gasteiger partial charge in [-0.05, 0) is 0 Å². The Bertz CT molecular complexity index is 23.0. The van der Waals surface area contributed by atoms with Crippen LogP contribution in [-0.4, -0.2) is 0 Å². The molecule has 6 heteroatoms. The van der Waals surface area contributed by atoms with Crippen LogP contribution in [0.1, 0.15) is 0 Å². The molecule has 0 nitrogen and oxygen atoms in total. The van der Waals surface area contributed by atoms with E-state index in [9.17, 15) is 0 Å². The molecule has 0 aliphatic rings. The average molecular weight is 289 g/mol. The SMILES string of the molecule is [Cl][Zr]([Cl])([Cl])[Cl].[Fe]. The van der Waals surface area contributed by atoms with E-state index in [2.05, 4.69) is 0 Å². The zero-order valence-corrected chi connectivity index (χ0v) is 8.95. The smallest absolute Gasteiger partial charge is 0 e. The molecular formula is Cl4FeZr. The second kappa shape index (κ2) is 4.44. The molecule has 0 unspecified atom stereocenters. The Labute approximate surface area is 65.5 Å². The molecule has 0 N–H and O–H groups in total. The summed E-state index contributed by atoms with van der Waals surface area (Å²) in [6.45, 7) is 0. The van der Waals surface area contributed by atoms with Crippen LogP contribution in [0, 0.1) is 0 Å². The minimum atomic E-state index is -3.29. The van der Waals surface area contributed by atoms with Crippen molar-refractivity contribution < 1.29 is 32.6 Å². The van der Waals surface area contributed by atoms with Crippen LogP contribution in [0.5, 0.6) is 0 Å². The molecule has 0 saturated heterocycles. The first-order valence-corrected chi connectivity index (χ1v) is 13.4. The quantitative estimate of drug-likeness (QED) is 0.601. The maximum Gasteiger partial charge on any atom is 0 e. The van der Waals surface area contributed by atoms with Crippen LogP contribution < -0.4 is 0 Å². The Kier molecular flexibility index (Phi) is 8.42. The second-order valence-corrected chi connectivity index (χ2v) is 22.8. The predicted molar refractivity (Wildman–Crippen MR) is 23.4 cm³/mol. The van der Waals surface area contributed by atoms with Crippen molar-refractivity contribution in [1.82, 2.24) is 0 Å². The normalized spacial score (nSPS) is 10.0. The number of hydrogen-bond acceptors (Lipinski definition) is 0. The van der Waals surface area contributed by atoms with E-state index in [1.807, 2.05) is 0 Å². The molecule has 0 fully saturated rings. The Morgan fingerprint density at radius 3 is 0.833 bits per heavy atom. The summed E-state index contributed by atoms with van der Waals surface area (Å²) in [5.41, 5.74) is 0. The van der Waals surface area contributed by atoms with E-state index >= 15 is 0 Å². The molecule has 0 aliphatic heterocycles. The first kappa shape index (κ1) is 11.4. The van der Waals surface area contributed by atoms with Gasteiger partial charge >= 0.3 is 49.5 Å². The van der Waals surface area contributed by atoms with Gasteiger partial charge in [0.1, 0.15) is 0 Å². The van der Waals surface area contributed by atoms with E-state index in [0.717, 1.165) is 0 Å². The summed E-state index contributed by atoms with van der Waals surface area (Å²) in [6, 6.07) is 0. The summed E-state index contributed by atoms with van der Waals surface area (Å²) >= 11 is -3.29. The molecule has 0 heterocycles. The van der Waals surface area contributed by atoms with E-state index in [4.69, 9.17) is 34.1 Å². The zero-order valence-electron chi connectivity index (χ0n) is 2.37. The Balaban J connectivity index is 0. The van der Waals surface area contributed by atoms with Crippen LogP contribution in [0.2, 0.25) is 0 Å². The van der Waals surface area contributed by atoms with Crippen LogP contribution in [0.15, 0.2) is 0 Å². The standard InChI is InChI=1S/4ClH.Fe.Zr/h4*1H;;/q;;;;;+4/p-4. The third-order valence-corrected chi connectivity index (χ3v) is 0. The van der Waals surface area contributed by atoms with Crippen LogP contribution >= 0.6 is 34.1 Å². The van der Waals surface area contributed by atoms with Gasteiger partial charge in [-0.2, -0.15) is 0 Å². The predicted octanol–water partition coefficient (Wildman–Crippen LogP) is 2.75. The van der Waals surface area contributed by atoms with Gasteiger partial charge in [-0.15, -0.1) is 0 Å². The molecule has 0 amide bonds. The van der Waals surface area contributed by atoms with Crippen molar-refractivity contribution >= 4 is 34.1 Å². The Morgan fingerprint density at radius 1 is 0.833 bits per heavy atom. The van der Waals surface area contributed by atoms with Crippen molar-refractivity contribution in [2.24, 2.45) is 0 Å². The van der Waals surface area contributed by atoms with Crippen LogP contribution in [0.3, 0.4) is 0 Å². The Hall–Kier alpha value is 2.56. The fourth-order valence-electron chi connectivity index (χ4n) is 0. The van der Waals surface area contributed by atoms with Gasteiger partial charge in [0.2, 0.25) is 0 Å².